The van der Waals surface area contributed by atoms with E-state index in [1.807, 2.05) is 6.92 Å². The van der Waals surface area contributed by atoms with Crippen molar-refractivity contribution in [3.63, 3.8) is 0 Å². The van der Waals surface area contributed by atoms with Gasteiger partial charge in [-0.1, -0.05) is 13.8 Å². The molecule has 0 spiro atoms. The van der Waals surface area contributed by atoms with Gasteiger partial charge in [0.1, 0.15) is 0 Å². The first-order valence-electron chi connectivity index (χ1n) is 4.13. The molecular weight excluding hydrogens is 152 g/mol. The van der Waals surface area contributed by atoms with Gasteiger partial charge in [0.15, 0.2) is 0 Å². The molecule has 0 nitrogen and oxygen atoms in total. The van der Waals surface area contributed by atoms with Gasteiger partial charge in [-0.25, -0.2) is 0 Å². The lowest BCUT2D eigenvalue weighted by Crippen LogP contribution is -2.11. The summed E-state index contributed by atoms with van der Waals surface area (Å²) in [7, 11) is 0. The number of rotatable bonds is 4. The van der Waals surface area contributed by atoms with Crippen LogP contribution in [0.15, 0.2) is 0 Å². The maximum Gasteiger partial charge on any atom is 0.00936 e. The molecule has 0 aromatic carbocycles. The minimum absolute atomic E-state index is 0.422. The van der Waals surface area contributed by atoms with Crippen LogP contribution in [0.4, 0.5) is 0 Å². The Morgan fingerprint density at radius 3 is 2.36 bits per heavy atom. The van der Waals surface area contributed by atoms with Crippen LogP contribution in [0.5, 0.6) is 0 Å². The Hall–Kier alpha value is -0.0900. The van der Waals surface area contributed by atoms with Crippen molar-refractivity contribution in [1.82, 2.24) is 0 Å². The van der Waals surface area contributed by atoms with E-state index in [2.05, 4.69) is 38.3 Å². The molecule has 0 saturated carbocycles. The summed E-state index contributed by atoms with van der Waals surface area (Å²) in [5.41, 5.74) is 0.422. The van der Waals surface area contributed by atoms with Crippen LogP contribution in [0.25, 0.3) is 0 Å². The third-order valence-corrected chi connectivity index (χ3v) is 2.12. The molecule has 0 heterocycles. The van der Waals surface area contributed by atoms with Crippen molar-refractivity contribution in [3.05, 3.63) is 0 Å². The van der Waals surface area contributed by atoms with E-state index in [-0.39, 0.29) is 0 Å². The number of hydrogen-bond donors (Lipinski definition) is 1. The maximum absolute atomic E-state index is 4.22. The normalized spacial score (nSPS) is 10.5. The molecule has 11 heavy (non-hydrogen) atoms. The first-order chi connectivity index (χ1) is 5.12. The van der Waals surface area contributed by atoms with E-state index in [0.717, 1.165) is 12.2 Å². The lowest BCUT2D eigenvalue weighted by atomic mass is 9.85. The molecule has 0 aromatic rings. The molecule has 64 valence electrons. The molecule has 0 saturated heterocycles. The van der Waals surface area contributed by atoms with E-state index in [9.17, 15) is 0 Å². The molecule has 0 atom stereocenters. The highest BCUT2D eigenvalue weighted by molar-refractivity contribution is 7.80. The fourth-order valence-corrected chi connectivity index (χ4v) is 1.56. The highest BCUT2D eigenvalue weighted by atomic mass is 32.1. The summed E-state index contributed by atoms with van der Waals surface area (Å²) in [6, 6.07) is 0. The second-order valence-electron chi connectivity index (χ2n) is 3.56. The summed E-state index contributed by atoms with van der Waals surface area (Å²) in [6.45, 7) is 6.45. The quantitative estimate of drug-likeness (QED) is 0.486. The summed E-state index contributed by atoms with van der Waals surface area (Å²) in [5.74, 6) is 6.98. The van der Waals surface area contributed by atoms with Crippen molar-refractivity contribution in [2.24, 2.45) is 5.41 Å². The van der Waals surface area contributed by atoms with E-state index >= 15 is 0 Å². The monoisotopic (exact) mass is 170 g/mol. The Morgan fingerprint density at radius 1 is 1.27 bits per heavy atom. The van der Waals surface area contributed by atoms with Gasteiger partial charge in [-0.2, -0.15) is 12.6 Å². The van der Waals surface area contributed by atoms with Crippen LogP contribution >= 0.6 is 12.6 Å². The fourth-order valence-electron chi connectivity index (χ4n) is 0.954. The summed E-state index contributed by atoms with van der Waals surface area (Å²) < 4.78 is 0. The summed E-state index contributed by atoms with van der Waals surface area (Å²) >= 11 is 4.22. The van der Waals surface area contributed by atoms with Crippen LogP contribution in [-0.4, -0.2) is 5.75 Å². The summed E-state index contributed by atoms with van der Waals surface area (Å²) in [4.78, 5) is 0. The van der Waals surface area contributed by atoms with E-state index in [1.165, 1.54) is 12.8 Å². The molecule has 0 aromatic heterocycles. The highest BCUT2D eigenvalue weighted by Gasteiger charge is 2.14. The SMILES string of the molecule is CC#CCCC(C)(C)CCS. The third-order valence-electron chi connectivity index (χ3n) is 1.89. The molecule has 0 aliphatic carbocycles. The first-order valence-corrected chi connectivity index (χ1v) is 4.76. The molecule has 0 aliphatic rings. The van der Waals surface area contributed by atoms with Gasteiger partial charge in [-0.05, 0) is 30.9 Å². The van der Waals surface area contributed by atoms with E-state index in [0.29, 0.717) is 5.41 Å². The molecule has 0 aliphatic heterocycles. The Kier molecular flexibility index (Phi) is 5.50. The largest absolute Gasteiger partial charge is 0.179 e. The Balaban J connectivity index is 3.59. The number of hydrogen-bond acceptors (Lipinski definition) is 1. The van der Waals surface area contributed by atoms with Gasteiger partial charge in [-0.15, -0.1) is 11.8 Å². The van der Waals surface area contributed by atoms with Crippen LogP contribution in [0.2, 0.25) is 0 Å². The average molecular weight is 170 g/mol. The van der Waals surface area contributed by atoms with Gasteiger partial charge < -0.3 is 0 Å². The highest BCUT2D eigenvalue weighted by Crippen LogP contribution is 2.26. The van der Waals surface area contributed by atoms with Crippen molar-refractivity contribution in [2.45, 2.75) is 40.0 Å². The molecule has 0 amide bonds. The van der Waals surface area contributed by atoms with Crippen molar-refractivity contribution < 1.29 is 0 Å². The molecule has 1 heteroatoms. The van der Waals surface area contributed by atoms with E-state index < -0.39 is 0 Å². The standard InChI is InChI=1S/C10H18S/c1-4-5-6-7-10(2,3)8-9-11/h11H,6-9H2,1-3H3. The molecular formula is C10H18S. The van der Waals surface area contributed by atoms with Crippen molar-refractivity contribution >= 4 is 12.6 Å². The third kappa shape index (κ3) is 6.31. The van der Waals surface area contributed by atoms with Gasteiger partial charge in [-0.3, -0.25) is 0 Å². The second kappa shape index (κ2) is 5.55. The fraction of sp³-hybridized carbons (Fsp3) is 0.800. The minimum atomic E-state index is 0.422. The van der Waals surface area contributed by atoms with Gasteiger partial charge in [0.2, 0.25) is 0 Å². The van der Waals surface area contributed by atoms with Crippen LogP contribution in [0.1, 0.15) is 40.0 Å². The van der Waals surface area contributed by atoms with E-state index in [4.69, 9.17) is 0 Å². The van der Waals surface area contributed by atoms with Crippen LogP contribution in [-0.2, 0) is 0 Å². The van der Waals surface area contributed by atoms with Crippen molar-refractivity contribution in [3.8, 4) is 11.8 Å². The van der Waals surface area contributed by atoms with Gasteiger partial charge in [0.25, 0.3) is 0 Å². The topological polar surface area (TPSA) is 0 Å². The van der Waals surface area contributed by atoms with Gasteiger partial charge in [0.05, 0.1) is 0 Å². The average Bonchev–Trinajstić information content (AvgIpc) is 1.87. The lowest BCUT2D eigenvalue weighted by molar-refractivity contribution is 0.330. The predicted molar refractivity (Wildman–Crippen MR) is 54.9 cm³/mol. The molecule has 0 rings (SSSR count). The van der Waals surface area contributed by atoms with Gasteiger partial charge >= 0.3 is 0 Å². The summed E-state index contributed by atoms with van der Waals surface area (Å²) in [6.07, 6.45) is 3.40. The van der Waals surface area contributed by atoms with Crippen LogP contribution in [0.3, 0.4) is 0 Å². The first kappa shape index (κ1) is 10.9. The Bertz CT molecular complexity index is 148. The second-order valence-corrected chi connectivity index (χ2v) is 4.01. The smallest absolute Gasteiger partial charge is 0.00936 e. The molecule has 0 fully saturated rings. The molecule has 0 unspecified atom stereocenters. The Morgan fingerprint density at radius 2 is 1.91 bits per heavy atom. The van der Waals surface area contributed by atoms with Gasteiger partial charge in [0, 0.05) is 6.42 Å². The van der Waals surface area contributed by atoms with Crippen LogP contribution in [0, 0.1) is 17.3 Å². The van der Waals surface area contributed by atoms with Crippen molar-refractivity contribution in [2.75, 3.05) is 5.75 Å². The van der Waals surface area contributed by atoms with Crippen molar-refractivity contribution in [1.29, 1.82) is 0 Å². The minimum Gasteiger partial charge on any atom is -0.179 e. The molecule has 0 radical (unpaired) electrons. The maximum atomic E-state index is 4.22. The molecule has 0 N–H and O–H groups in total. The zero-order chi connectivity index (χ0) is 8.74. The Labute approximate surface area is 76.2 Å². The lowest BCUT2D eigenvalue weighted by Gasteiger charge is -2.21. The number of thiol groups is 1. The molecule has 0 bridgehead atoms. The van der Waals surface area contributed by atoms with E-state index in [1.54, 1.807) is 0 Å². The zero-order valence-electron chi connectivity index (χ0n) is 7.78. The van der Waals surface area contributed by atoms with Crippen LogP contribution < -0.4 is 0 Å². The predicted octanol–water partition coefficient (Wildman–Crippen LogP) is 3.14. The zero-order valence-corrected chi connectivity index (χ0v) is 8.67. The summed E-state index contributed by atoms with van der Waals surface area (Å²) in [5, 5.41) is 0.